The second-order valence-electron chi connectivity index (χ2n) is 6.27. The number of aromatic nitrogens is 2. The lowest BCUT2D eigenvalue weighted by molar-refractivity contribution is 0.251. The molecule has 0 atom stereocenters. The fourth-order valence-electron chi connectivity index (χ4n) is 2.85. The number of urea groups is 1. The Bertz CT molecular complexity index is 774. The molecule has 6 nitrogen and oxygen atoms in total. The van der Waals surface area contributed by atoms with Crippen LogP contribution in [0.15, 0.2) is 24.3 Å². The van der Waals surface area contributed by atoms with Crippen molar-refractivity contribution in [3.05, 3.63) is 46.4 Å². The van der Waals surface area contributed by atoms with Gasteiger partial charge in [0.15, 0.2) is 0 Å². The molecule has 1 fully saturated rings. The second kappa shape index (κ2) is 7.70. The lowest BCUT2D eigenvalue weighted by atomic mass is 10.2. The third kappa shape index (κ3) is 4.60. The van der Waals surface area contributed by atoms with Gasteiger partial charge in [0, 0.05) is 24.8 Å². The highest BCUT2D eigenvalue weighted by atomic mass is 35.5. The number of rotatable bonds is 4. The summed E-state index contributed by atoms with van der Waals surface area (Å²) < 4.78 is 0. The highest BCUT2D eigenvalue weighted by Crippen LogP contribution is 2.22. The summed E-state index contributed by atoms with van der Waals surface area (Å²) in [7, 11) is 0. The molecule has 2 aromatic rings. The third-order valence-electron chi connectivity index (χ3n) is 4.10. The molecule has 0 aliphatic carbocycles. The van der Waals surface area contributed by atoms with E-state index in [4.69, 9.17) is 11.6 Å². The molecule has 0 bridgehead atoms. The Labute approximate surface area is 152 Å². The average molecular weight is 360 g/mol. The van der Waals surface area contributed by atoms with Gasteiger partial charge in [0.25, 0.3) is 0 Å². The minimum atomic E-state index is -0.335. The lowest BCUT2D eigenvalue weighted by Crippen LogP contribution is -2.29. The fourth-order valence-corrected chi connectivity index (χ4v) is 3.13. The van der Waals surface area contributed by atoms with Gasteiger partial charge in [-0.2, -0.15) is 0 Å². The zero-order valence-corrected chi connectivity index (χ0v) is 15.2. The molecule has 2 N–H and O–H groups in total. The van der Waals surface area contributed by atoms with E-state index in [1.54, 1.807) is 6.07 Å². The molecular weight excluding hydrogens is 338 g/mol. The summed E-state index contributed by atoms with van der Waals surface area (Å²) >= 11 is 6.13. The Morgan fingerprint density at radius 2 is 1.96 bits per heavy atom. The van der Waals surface area contributed by atoms with Gasteiger partial charge in [0.2, 0.25) is 0 Å². The van der Waals surface area contributed by atoms with Crippen molar-refractivity contribution in [2.75, 3.05) is 23.3 Å². The monoisotopic (exact) mass is 359 g/mol. The Balaban J connectivity index is 1.61. The molecule has 25 heavy (non-hydrogen) atoms. The van der Waals surface area contributed by atoms with Crippen molar-refractivity contribution in [1.82, 2.24) is 15.3 Å². The van der Waals surface area contributed by atoms with Crippen LogP contribution in [0.1, 0.15) is 29.9 Å². The predicted octanol–water partition coefficient (Wildman–Crippen LogP) is 3.67. The van der Waals surface area contributed by atoms with Crippen LogP contribution in [0.5, 0.6) is 0 Å². The summed E-state index contributed by atoms with van der Waals surface area (Å²) in [4.78, 5) is 23.3. The second-order valence-corrected chi connectivity index (χ2v) is 6.68. The van der Waals surface area contributed by atoms with Crippen molar-refractivity contribution >= 4 is 29.1 Å². The SMILES string of the molecule is Cc1ccc(NC(=O)NCc2nc(C)cc(N3CCCC3)n2)c(Cl)c1. The number of aryl methyl sites for hydroxylation is 2. The Kier molecular flexibility index (Phi) is 5.38. The van der Waals surface area contributed by atoms with Gasteiger partial charge in [-0.3, -0.25) is 0 Å². The molecule has 0 unspecified atom stereocenters. The molecular formula is C18H22ClN5O. The first kappa shape index (κ1) is 17.5. The molecule has 3 rings (SSSR count). The van der Waals surface area contributed by atoms with Crippen LogP contribution in [0.3, 0.4) is 0 Å². The van der Waals surface area contributed by atoms with E-state index in [-0.39, 0.29) is 12.6 Å². The summed E-state index contributed by atoms with van der Waals surface area (Å²) in [6.45, 7) is 6.20. The van der Waals surface area contributed by atoms with Gasteiger partial charge in [-0.1, -0.05) is 17.7 Å². The van der Waals surface area contributed by atoms with Crippen LogP contribution < -0.4 is 15.5 Å². The first-order chi connectivity index (χ1) is 12.0. The van der Waals surface area contributed by atoms with Gasteiger partial charge >= 0.3 is 6.03 Å². The van der Waals surface area contributed by atoms with Gasteiger partial charge < -0.3 is 15.5 Å². The third-order valence-corrected chi connectivity index (χ3v) is 4.41. The van der Waals surface area contributed by atoms with Crippen molar-refractivity contribution in [3.63, 3.8) is 0 Å². The molecule has 0 radical (unpaired) electrons. The number of halogens is 1. The van der Waals surface area contributed by atoms with Crippen LogP contribution in [0.2, 0.25) is 5.02 Å². The van der Waals surface area contributed by atoms with E-state index < -0.39 is 0 Å². The number of hydrogen-bond donors (Lipinski definition) is 2. The number of benzene rings is 1. The average Bonchev–Trinajstić information content (AvgIpc) is 3.10. The number of nitrogens with one attached hydrogen (secondary N) is 2. The van der Waals surface area contributed by atoms with Gasteiger partial charge in [0.1, 0.15) is 11.6 Å². The van der Waals surface area contributed by atoms with Crippen molar-refractivity contribution < 1.29 is 4.79 Å². The molecule has 0 saturated carbocycles. The first-order valence-corrected chi connectivity index (χ1v) is 8.79. The topological polar surface area (TPSA) is 70.2 Å². The molecule has 132 valence electrons. The molecule has 2 amide bonds. The molecule has 1 saturated heterocycles. The number of carbonyl (C=O) groups is 1. The molecule has 0 spiro atoms. The van der Waals surface area contributed by atoms with Crippen LogP contribution in [0.4, 0.5) is 16.3 Å². The van der Waals surface area contributed by atoms with E-state index in [0.29, 0.717) is 16.5 Å². The van der Waals surface area contributed by atoms with Crippen molar-refractivity contribution in [2.45, 2.75) is 33.2 Å². The Hall–Kier alpha value is -2.34. The maximum atomic E-state index is 12.1. The van der Waals surface area contributed by atoms with Crippen LogP contribution in [0.25, 0.3) is 0 Å². The maximum absolute atomic E-state index is 12.1. The molecule has 1 aliphatic heterocycles. The summed E-state index contributed by atoms with van der Waals surface area (Å²) in [5.74, 6) is 1.54. The molecule has 1 aliphatic rings. The number of carbonyl (C=O) groups excluding carboxylic acids is 1. The van der Waals surface area contributed by atoms with E-state index in [1.165, 1.54) is 12.8 Å². The molecule has 2 heterocycles. The van der Waals surface area contributed by atoms with Crippen LogP contribution in [-0.4, -0.2) is 29.1 Å². The van der Waals surface area contributed by atoms with Crippen molar-refractivity contribution in [3.8, 4) is 0 Å². The lowest BCUT2D eigenvalue weighted by Gasteiger charge is -2.17. The number of nitrogens with zero attached hydrogens (tertiary/aromatic N) is 3. The summed E-state index contributed by atoms with van der Waals surface area (Å²) in [5.41, 5.74) is 2.52. The van der Waals surface area contributed by atoms with E-state index in [9.17, 15) is 4.79 Å². The van der Waals surface area contributed by atoms with Gasteiger partial charge in [-0.15, -0.1) is 0 Å². The van der Waals surface area contributed by atoms with Crippen LogP contribution in [0, 0.1) is 13.8 Å². The predicted molar refractivity (Wildman–Crippen MR) is 100 cm³/mol. The zero-order chi connectivity index (χ0) is 17.8. The number of amides is 2. The van der Waals surface area contributed by atoms with Gasteiger partial charge in [-0.25, -0.2) is 14.8 Å². The summed E-state index contributed by atoms with van der Waals surface area (Å²) in [6, 6.07) is 7.14. The zero-order valence-electron chi connectivity index (χ0n) is 14.5. The fraction of sp³-hybridized carbons (Fsp3) is 0.389. The smallest absolute Gasteiger partial charge is 0.319 e. The largest absolute Gasteiger partial charge is 0.357 e. The Morgan fingerprint density at radius 1 is 1.20 bits per heavy atom. The number of hydrogen-bond acceptors (Lipinski definition) is 4. The molecule has 7 heteroatoms. The van der Waals surface area contributed by atoms with Gasteiger partial charge in [0.05, 0.1) is 17.3 Å². The standard InChI is InChI=1S/C18H22ClN5O/c1-12-5-6-15(14(19)9-12)22-18(25)20-11-16-21-13(2)10-17(23-16)24-7-3-4-8-24/h5-6,9-10H,3-4,7-8,11H2,1-2H3,(H2,20,22,25). The quantitative estimate of drug-likeness (QED) is 0.873. The van der Waals surface area contributed by atoms with Crippen LogP contribution >= 0.6 is 11.6 Å². The minimum absolute atomic E-state index is 0.262. The maximum Gasteiger partial charge on any atom is 0.319 e. The normalized spacial score (nSPS) is 13.8. The number of anilines is 2. The van der Waals surface area contributed by atoms with E-state index >= 15 is 0 Å². The Morgan fingerprint density at radius 3 is 2.68 bits per heavy atom. The van der Waals surface area contributed by atoms with Crippen LogP contribution in [-0.2, 0) is 6.54 Å². The minimum Gasteiger partial charge on any atom is -0.357 e. The van der Waals surface area contributed by atoms with Crippen molar-refractivity contribution in [1.29, 1.82) is 0 Å². The summed E-state index contributed by atoms with van der Waals surface area (Å²) in [5, 5.41) is 6.04. The van der Waals surface area contributed by atoms with Gasteiger partial charge in [-0.05, 0) is 44.4 Å². The van der Waals surface area contributed by atoms with E-state index in [0.717, 1.165) is 30.2 Å². The van der Waals surface area contributed by atoms with Crippen molar-refractivity contribution in [2.24, 2.45) is 0 Å². The highest BCUT2D eigenvalue weighted by Gasteiger charge is 2.15. The molecule has 1 aromatic heterocycles. The first-order valence-electron chi connectivity index (χ1n) is 8.42. The highest BCUT2D eigenvalue weighted by molar-refractivity contribution is 6.33. The van der Waals surface area contributed by atoms with E-state index in [2.05, 4.69) is 25.5 Å². The van der Waals surface area contributed by atoms with E-state index in [1.807, 2.05) is 32.0 Å². The molecule has 1 aromatic carbocycles. The summed E-state index contributed by atoms with van der Waals surface area (Å²) in [6.07, 6.45) is 2.38.